The van der Waals surface area contributed by atoms with E-state index in [2.05, 4.69) is 4.98 Å². The first-order valence-corrected chi connectivity index (χ1v) is 7.71. The zero-order valence-corrected chi connectivity index (χ0v) is 13.0. The van der Waals surface area contributed by atoms with Gasteiger partial charge in [-0.1, -0.05) is 18.2 Å². The van der Waals surface area contributed by atoms with Gasteiger partial charge in [0.15, 0.2) is 0 Å². The molecule has 1 aliphatic heterocycles. The van der Waals surface area contributed by atoms with Gasteiger partial charge in [0.2, 0.25) is 5.91 Å². The van der Waals surface area contributed by atoms with Gasteiger partial charge in [0.05, 0.1) is 32.1 Å². The van der Waals surface area contributed by atoms with E-state index in [0.29, 0.717) is 13.2 Å². The van der Waals surface area contributed by atoms with E-state index >= 15 is 0 Å². The summed E-state index contributed by atoms with van der Waals surface area (Å²) >= 11 is 0. The lowest BCUT2D eigenvalue weighted by Gasteiger charge is -2.34. The Morgan fingerprint density at radius 3 is 3.04 bits per heavy atom. The van der Waals surface area contributed by atoms with Gasteiger partial charge in [-0.05, 0) is 18.1 Å². The molecular weight excluding hydrogens is 296 g/mol. The predicted molar refractivity (Wildman–Crippen MR) is 85.3 cm³/mol. The number of carboxylic acids is 1. The maximum absolute atomic E-state index is 12.6. The molecule has 0 radical (unpaired) electrons. The van der Waals surface area contributed by atoms with Crippen LogP contribution >= 0.6 is 0 Å². The average Bonchev–Trinajstić information content (AvgIpc) is 2.92. The number of carboxylic acid groups (broad SMARTS) is 1. The summed E-state index contributed by atoms with van der Waals surface area (Å²) in [6, 6.07) is 5.60. The second-order valence-electron chi connectivity index (χ2n) is 5.90. The molecule has 1 aliphatic rings. The van der Waals surface area contributed by atoms with Crippen LogP contribution in [0.15, 0.2) is 24.4 Å². The number of para-hydroxylation sites is 1. The largest absolute Gasteiger partial charge is 0.481 e. The van der Waals surface area contributed by atoms with E-state index in [0.717, 1.165) is 22.0 Å². The van der Waals surface area contributed by atoms with Crippen molar-refractivity contribution in [1.82, 2.24) is 9.88 Å². The number of carbonyl (C=O) groups excluding carboxylic acids is 1. The molecular formula is C17H20N2O4. The molecule has 1 saturated heterocycles. The van der Waals surface area contributed by atoms with Crippen LogP contribution < -0.4 is 0 Å². The number of aromatic amines is 1. The van der Waals surface area contributed by atoms with Crippen LogP contribution in [0, 0.1) is 6.92 Å². The summed E-state index contributed by atoms with van der Waals surface area (Å²) in [6.45, 7) is 3.20. The van der Waals surface area contributed by atoms with Gasteiger partial charge in [-0.15, -0.1) is 0 Å². The predicted octanol–water partition coefficient (Wildman–Crippen LogP) is 1.72. The zero-order chi connectivity index (χ0) is 16.4. The van der Waals surface area contributed by atoms with Crippen molar-refractivity contribution in [2.75, 3.05) is 19.8 Å². The van der Waals surface area contributed by atoms with Crippen molar-refractivity contribution in [3.05, 3.63) is 35.5 Å². The molecule has 6 nitrogen and oxygen atoms in total. The highest BCUT2D eigenvalue weighted by Crippen LogP contribution is 2.23. The number of morpholine rings is 1. The van der Waals surface area contributed by atoms with Crippen molar-refractivity contribution in [3.8, 4) is 0 Å². The number of aromatic nitrogens is 1. The molecule has 2 N–H and O–H groups in total. The van der Waals surface area contributed by atoms with Crippen LogP contribution in [0.2, 0.25) is 0 Å². The SMILES string of the molecule is Cc1cccc2c(CC(=O)N3CCOCC3CC(=O)O)c[nH]c12. The molecule has 1 aromatic heterocycles. The standard InChI is InChI=1S/C17H20N2O4/c1-11-3-2-4-14-12(9-18-17(11)14)7-15(20)19-5-6-23-10-13(19)8-16(21)22/h2-4,9,13,18H,5-8,10H2,1H3,(H,21,22). The molecule has 1 amide bonds. The van der Waals surface area contributed by atoms with Crippen LogP contribution in [0.4, 0.5) is 0 Å². The van der Waals surface area contributed by atoms with E-state index in [9.17, 15) is 9.59 Å². The van der Waals surface area contributed by atoms with Gasteiger partial charge in [-0.3, -0.25) is 9.59 Å². The maximum Gasteiger partial charge on any atom is 0.305 e. The molecule has 1 unspecified atom stereocenters. The highest BCUT2D eigenvalue weighted by atomic mass is 16.5. The van der Waals surface area contributed by atoms with Crippen molar-refractivity contribution in [2.24, 2.45) is 0 Å². The maximum atomic E-state index is 12.6. The number of hydrogen-bond acceptors (Lipinski definition) is 3. The van der Waals surface area contributed by atoms with Gasteiger partial charge < -0.3 is 19.7 Å². The fourth-order valence-electron chi connectivity index (χ4n) is 3.13. The van der Waals surface area contributed by atoms with Crippen molar-refractivity contribution in [1.29, 1.82) is 0 Å². The minimum Gasteiger partial charge on any atom is -0.481 e. The van der Waals surface area contributed by atoms with Gasteiger partial charge >= 0.3 is 5.97 Å². The van der Waals surface area contributed by atoms with Crippen LogP contribution in [0.5, 0.6) is 0 Å². The minimum absolute atomic E-state index is 0.0537. The van der Waals surface area contributed by atoms with E-state index in [1.807, 2.05) is 31.3 Å². The number of aryl methyl sites for hydroxylation is 1. The summed E-state index contributed by atoms with van der Waals surface area (Å²) < 4.78 is 5.32. The summed E-state index contributed by atoms with van der Waals surface area (Å²) in [5, 5.41) is 10.0. The average molecular weight is 316 g/mol. The molecule has 3 rings (SSSR count). The number of hydrogen-bond donors (Lipinski definition) is 2. The monoisotopic (exact) mass is 316 g/mol. The van der Waals surface area contributed by atoms with Crippen LogP contribution in [0.25, 0.3) is 10.9 Å². The summed E-state index contributed by atoms with van der Waals surface area (Å²) in [7, 11) is 0. The third kappa shape index (κ3) is 3.22. The van der Waals surface area contributed by atoms with Gasteiger partial charge in [-0.25, -0.2) is 0 Å². The summed E-state index contributed by atoms with van der Waals surface area (Å²) in [5.74, 6) is -0.969. The van der Waals surface area contributed by atoms with Crippen LogP contribution in [0.3, 0.4) is 0 Å². The zero-order valence-electron chi connectivity index (χ0n) is 13.0. The third-order valence-electron chi connectivity index (χ3n) is 4.31. The van der Waals surface area contributed by atoms with E-state index < -0.39 is 5.97 Å². The van der Waals surface area contributed by atoms with E-state index in [1.54, 1.807) is 4.90 Å². The van der Waals surface area contributed by atoms with Crippen LogP contribution in [-0.4, -0.2) is 52.7 Å². The molecule has 1 aromatic carbocycles. The smallest absolute Gasteiger partial charge is 0.305 e. The Hall–Kier alpha value is -2.34. The fraction of sp³-hybridized carbons (Fsp3) is 0.412. The van der Waals surface area contributed by atoms with Gasteiger partial charge in [-0.2, -0.15) is 0 Å². The Bertz CT molecular complexity index is 737. The first kappa shape index (κ1) is 15.6. The Labute approximate surface area is 134 Å². The van der Waals surface area contributed by atoms with Crippen molar-refractivity contribution in [2.45, 2.75) is 25.8 Å². The van der Waals surface area contributed by atoms with Crippen molar-refractivity contribution in [3.63, 3.8) is 0 Å². The summed E-state index contributed by atoms with van der Waals surface area (Å²) in [5.41, 5.74) is 3.12. The highest BCUT2D eigenvalue weighted by molar-refractivity contribution is 5.90. The molecule has 0 bridgehead atoms. The molecule has 6 heteroatoms. The molecule has 2 heterocycles. The van der Waals surface area contributed by atoms with Crippen LogP contribution in [-0.2, 0) is 20.7 Å². The van der Waals surface area contributed by atoms with Gasteiger partial charge in [0, 0.05) is 23.6 Å². The quantitative estimate of drug-likeness (QED) is 0.900. The molecule has 0 saturated carbocycles. The first-order chi connectivity index (χ1) is 11.1. The number of nitrogens with one attached hydrogen (secondary N) is 1. The number of aliphatic carboxylic acids is 1. The number of amides is 1. The molecule has 122 valence electrons. The number of fused-ring (bicyclic) bond motifs is 1. The van der Waals surface area contributed by atoms with E-state index in [-0.39, 0.29) is 31.4 Å². The fourth-order valence-corrected chi connectivity index (χ4v) is 3.13. The topological polar surface area (TPSA) is 82.6 Å². The Kier molecular flexibility index (Phi) is 4.34. The second kappa shape index (κ2) is 6.42. The number of carbonyl (C=O) groups is 2. The number of H-pyrrole nitrogens is 1. The van der Waals surface area contributed by atoms with Gasteiger partial charge in [0.25, 0.3) is 0 Å². The summed E-state index contributed by atoms with van der Waals surface area (Å²) in [4.78, 5) is 28.5. The number of ether oxygens (including phenoxy) is 1. The lowest BCUT2D eigenvalue weighted by Crippen LogP contribution is -2.50. The lowest BCUT2D eigenvalue weighted by molar-refractivity contribution is -0.145. The van der Waals surface area contributed by atoms with Gasteiger partial charge in [0.1, 0.15) is 0 Å². The highest BCUT2D eigenvalue weighted by Gasteiger charge is 2.29. The number of nitrogens with zero attached hydrogens (tertiary/aromatic N) is 1. The molecule has 23 heavy (non-hydrogen) atoms. The first-order valence-electron chi connectivity index (χ1n) is 7.71. The molecule has 0 spiro atoms. The second-order valence-corrected chi connectivity index (χ2v) is 5.90. The van der Waals surface area contributed by atoms with Crippen molar-refractivity contribution >= 4 is 22.8 Å². The van der Waals surface area contributed by atoms with E-state index in [1.165, 1.54) is 0 Å². The van der Waals surface area contributed by atoms with E-state index in [4.69, 9.17) is 9.84 Å². The molecule has 0 aliphatic carbocycles. The number of benzene rings is 1. The Balaban J connectivity index is 1.79. The Morgan fingerprint density at radius 1 is 1.43 bits per heavy atom. The van der Waals surface area contributed by atoms with Crippen molar-refractivity contribution < 1.29 is 19.4 Å². The normalized spacial score (nSPS) is 18.3. The lowest BCUT2D eigenvalue weighted by atomic mass is 10.1. The minimum atomic E-state index is -0.916. The summed E-state index contributed by atoms with van der Waals surface area (Å²) in [6.07, 6.45) is 2.04. The molecule has 1 atom stereocenters. The molecule has 1 fully saturated rings. The molecule has 2 aromatic rings. The third-order valence-corrected chi connectivity index (χ3v) is 4.31. The Morgan fingerprint density at radius 2 is 2.26 bits per heavy atom. The number of rotatable bonds is 4. The van der Waals surface area contributed by atoms with Crippen LogP contribution in [0.1, 0.15) is 17.5 Å².